The van der Waals surface area contributed by atoms with E-state index < -0.39 is 5.60 Å². The van der Waals surface area contributed by atoms with Crippen LogP contribution >= 0.6 is 12.4 Å². The smallest absolute Gasteiger partial charge is 0.126 e. The molecule has 0 aliphatic rings. The molecule has 0 saturated heterocycles. The fraction of sp³-hybridized carbons (Fsp3) is 0.538. The molecule has 1 unspecified atom stereocenters. The van der Waals surface area contributed by atoms with Gasteiger partial charge in [0.2, 0.25) is 0 Å². The number of benzene rings is 1. The maximum absolute atomic E-state index is 13.1. The van der Waals surface area contributed by atoms with Crippen molar-refractivity contribution in [1.82, 2.24) is 5.32 Å². The highest BCUT2D eigenvalue weighted by molar-refractivity contribution is 5.85. The van der Waals surface area contributed by atoms with Gasteiger partial charge in [-0.25, -0.2) is 4.39 Å². The number of nitrogens with one attached hydrogen (secondary N) is 1. The van der Waals surface area contributed by atoms with Gasteiger partial charge in [-0.3, -0.25) is 0 Å². The Bertz CT molecular complexity index is 363. The number of rotatable bonds is 4. The van der Waals surface area contributed by atoms with Crippen LogP contribution in [0.5, 0.6) is 0 Å². The average Bonchev–Trinajstić information content (AvgIpc) is 2.17. The van der Waals surface area contributed by atoms with Crippen LogP contribution in [-0.2, 0) is 0 Å². The van der Waals surface area contributed by atoms with E-state index in [0.29, 0.717) is 12.1 Å². The Labute approximate surface area is 109 Å². The fourth-order valence-electron chi connectivity index (χ4n) is 1.46. The van der Waals surface area contributed by atoms with Crippen LogP contribution in [0.3, 0.4) is 0 Å². The zero-order valence-electron chi connectivity index (χ0n) is 10.7. The number of hydrogen-bond donors (Lipinski definition) is 2. The van der Waals surface area contributed by atoms with E-state index in [-0.39, 0.29) is 24.3 Å². The second kappa shape index (κ2) is 6.34. The largest absolute Gasteiger partial charge is 0.389 e. The Morgan fingerprint density at radius 2 is 2.00 bits per heavy atom. The van der Waals surface area contributed by atoms with E-state index in [9.17, 15) is 9.50 Å². The summed E-state index contributed by atoms with van der Waals surface area (Å²) in [5.41, 5.74) is 0.945. The minimum absolute atomic E-state index is 0. The summed E-state index contributed by atoms with van der Waals surface area (Å²) in [6.45, 7) is 7.76. The molecule has 0 bridgehead atoms. The lowest BCUT2D eigenvalue weighted by molar-refractivity contribution is 0.0770. The van der Waals surface area contributed by atoms with Gasteiger partial charge in [0.25, 0.3) is 0 Å². The van der Waals surface area contributed by atoms with Crippen LogP contribution < -0.4 is 5.32 Å². The van der Waals surface area contributed by atoms with Crippen LogP contribution in [0.25, 0.3) is 0 Å². The highest BCUT2D eigenvalue weighted by Crippen LogP contribution is 2.16. The van der Waals surface area contributed by atoms with Crippen LogP contribution in [0.15, 0.2) is 18.2 Å². The summed E-state index contributed by atoms with van der Waals surface area (Å²) in [5, 5.41) is 12.8. The molecule has 0 fully saturated rings. The summed E-state index contributed by atoms with van der Waals surface area (Å²) in [4.78, 5) is 0. The maximum Gasteiger partial charge on any atom is 0.126 e. The Kier molecular flexibility index (Phi) is 6.10. The van der Waals surface area contributed by atoms with Gasteiger partial charge in [0.15, 0.2) is 0 Å². The van der Waals surface area contributed by atoms with Gasteiger partial charge < -0.3 is 10.4 Å². The zero-order chi connectivity index (χ0) is 12.3. The molecule has 1 atom stereocenters. The molecule has 0 aliphatic carbocycles. The van der Waals surface area contributed by atoms with E-state index in [4.69, 9.17) is 0 Å². The van der Waals surface area contributed by atoms with Gasteiger partial charge in [-0.15, -0.1) is 12.4 Å². The lowest BCUT2D eigenvalue weighted by Gasteiger charge is -2.22. The molecule has 1 rings (SSSR count). The summed E-state index contributed by atoms with van der Waals surface area (Å²) in [7, 11) is 0. The van der Waals surface area contributed by atoms with Crippen LogP contribution in [0, 0.1) is 12.7 Å². The third-order valence-electron chi connectivity index (χ3n) is 2.52. The molecule has 0 saturated carbocycles. The van der Waals surface area contributed by atoms with Gasteiger partial charge >= 0.3 is 0 Å². The van der Waals surface area contributed by atoms with Gasteiger partial charge in [-0.1, -0.05) is 12.1 Å². The minimum Gasteiger partial charge on any atom is -0.389 e. The van der Waals surface area contributed by atoms with E-state index in [1.54, 1.807) is 26.8 Å². The molecule has 4 heteroatoms. The van der Waals surface area contributed by atoms with Crippen molar-refractivity contribution >= 4 is 12.4 Å². The fourth-order valence-corrected chi connectivity index (χ4v) is 1.46. The lowest BCUT2D eigenvalue weighted by Crippen LogP contribution is -2.36. The second-order valence-electron chi connectivity index (χ2n) is 4.92. The van der Waals surface area contributed by atoms with Crippen molar-refractivity contribution in [3.05, 3.63) is 35.1 Å². The quantitative estimate of drug-likeness (QED) is 0.873. The highest BCUT2D eigenvalue weighted by Gasteiger charge is 2.14. The number of hydrogen-bond acceptors (Lipinski definition) is 2. The summed E-state index contributed by atoms with van der Waals surface area (Å²) in [6, 6.07) is 5.18. The van der Waals surface area contributed by atoms with E-state index >= 15 is 0 Å². The first-order valence-corrected chi connectivity index (χ1v) is 5.51. The van der Waals surface area contributed by atoms with E-state index in [1.807, 2.05) is 13.0 Å². The normalized spacial score (nSPS) is 13.1. The first kappa shape index (κ1) is 16.4. The van der Waals surface area contributed by atoms with Crippen molar-refractivity contribution in [3.63, 3.8) is 0 Å². The van der Waals surface area contributed by atoms with Crippen molar-refractivity contribution < 1.29 is 9.50 Å². The molecule has 0 aliphatic heterocycles. The van der Waals surface area contributed by atoms with Gasteiger partial charge in [-0.05, 0) is 44.9 Å². The maximum atomic E-state index is 13.1. The van der Waals surface area contributed by atoms with Crippen LogP contribution in [0.2, 0.25) is 0 Å². The van der Waals surface area contributed by atoms with Crippen LogP contribution in [0.4, 0.5) is 4.39 Å². The SMILES string of the molecule is Cc1cc(C(C)NCC(C)(C)O)ccc1F.Cl. The molecule has 0 amide bonds. The van der Waals surface area contributed by atoms with Crippen molar-refractivity contribution in [1.29, 1.82) is 0 Å². The lowest BCUT2D eigenvalue weighted by atomic mass is 10.0. The molecular formula is C13H21ClFNO. The molecule has 17 heavy (non-hydrogen) atoms. The summed E-state index contributed by atoms with van der Waals surface area (Å²) < 4.78 is 13.1. The Morgan fingerprint density at radius 3 is 2.47 bits per heavy atom. The monoisotopic (exact) mass is 261 g/mol. The molecule has 2 nitrogen and oxygen atoms in total. The molecule has 0 spiro atoms. The third-order valence-corrected chi connectivity index (χ3v) is 2.52. The van der Waals surface area contributed by atoms with Crippen molar-refractivity contribution in [2.24, 2.45) is 0 Å². The molecule has 0 aromatic heterocycles. The molecule has 1 aromatic carbocycles. The Hall–Kier alpha value is -0.640. The minimum atomic E-state index is -0.733. The molecule has 2 N–H and O–H groups in total. The predicted octanol–water partition coefficient (Wildman–Crippen LogP) is 2.98. The summed E-state index contributed by atoms with van der Waals surface area (Å²) >= 11 is 0. The zero-order valence-corrected chi connectivity index (χ0v) is 11.6. The van der Waals surface area contributed by atoms with E-state index in [0.717, 1.165) is 5.56 Å². The second-order valence-corrected chi connectivity index (χ2v) is 4.92. The number of aliphatic hydroxyl groups is 1. The number of halogens is 2. The predicted molar refractivity (Wildman–Crippen MR) is 71.1 cm³/mol. The van der Waals surface area contributed by atoms with Gasteiger partial charge in [0, 0.05) is 12.6 Å². The number of aryl methyl sites for hydroxylation is 1. The standard InChI is InChI=1S/C13H20FNO.ClH/c1-9-7-11(5-6-12(9)14)10(2)15-8-13(3,4)16;/h5-7,10,15-16H,8H2,1-4H3;1H. The molecule has 0 radical (unpaired) electrons. The van der Waals surface area contributed by atoms with Crippen LogP contribution in [0.1, 0.15) is 37.9 Å². The first-order valence-electron chi connectivity index (χ1n) is 5.51. The Balaban J connectivity index is 0.00000256. The molecule has 0 heterocycles. The average molecular weight is 262 g/mol. The van der Waals surface area contributed by atoms with E-state index in [2.05, 4.69) is 5.32 Å². The van der Waals surface area contributed by atoms with Crippen molar-refractivity contribution in [2.45, 2.75) is 39.3 Å². The molecule has 1 aromatic rings. The van der Waals surface area contributed by atoms with Crippen molar-refractivity contribution in [2.75, 3.05) is 6.54 Å². The summed E-state index contributed by atoms with van der Waals surface area (Å²) in [5.74, 6) is -0.182. The van der Waals surface area contributed by atoms with Crippen LogP contribution in [-0.4, -0.2) is 17.3 Å². The van der Waals surface area contributed by atoms with Gasteiger partial charge in [0.05, 0.1) is 5.60 Å². The van der Waals surface area contributed by atoms with E-state index in [1.165, 1.54) is 6.07 Å². The third kappa shape index (κ3) is 5.48. The summed E-state index contributed by atoms with van der Waals surface area (Å²) in [6.07, 6.45) is 0. The highest BCUT2D eigenvalue weighted by atomic mass is 35.5. The first-order chi connectivity index (χ1) is 7.29. The van der Waals surface area contributed by atoms with Gasteiger partial charge in [0.1, 0.15) is 5.82 Å². The Morgan fingerprint density at radius 1 is 1.41 bits per heavy atom. The molecule has 98 valence electrons. The van der Waals surface area contributed by atoms with Gasteiger partial charge in [-0.2, -0.15) is 0 Å². The molecular weight excluding hydrogens is 241 g/mol. The topological polar surface area (TPSA) is 32.3 Å². The van der Waals surface area contributed by atoms with Crippen molar-refractivity contribution in [3.8, 4) is 0 Å².